The Hall–Kier alpha value is -4.94. The quantitative estimate of drug-likeness (QED) is 0.0547. The van der Waals surface area contributed by atoms with Crippen LogP contribution < -0.4 is 10.6 Å². The Balaban J connectivity index is 1.40. The second-order valence-corrected chi connectivity index (χ2v) is 13.5. The summed E-state index contributed by atoms with van der Waals surface area (Å²) >= 11 is 0. The van der Waals surface area contributed by atoms with Crippen molar-refractivity contribution in [3.8, 4) is 0 Å². The minimum Gasteiger partial charge on any atom is -0.469 e. The van der Waals surface area contributed by atoms with Crippen LogP contribution in [0.5, 0.6) is 0 Å². The summed E-state index contributed by atoms with van der Waals surface area (Å²) < 4.78 is 11.9. The largest absolute Gasteiger partial charge is 0.469 e. The zero-order valence-corrected chi connectivity index (χ0v) is 30.7. The van der Waals surface area contributed by atoms with Gasteiger partial charge in [0.1, 0.15) is 18.1 Å². The van der Waals surface area contributed by atoms with Crippen molar-refractivity contribution < 1.29 is 28.7 Å². The van der Waals surface area contributed by atoms with Crippen molar-refractivity contribution in [3.63, 3.8) is 0 Å². The lowest BCUT2D eigenvalue weighted by molar-refractivity contribution is -0.147. The van der Waals surface area contributed by atoms with Crippen LogP contribution in [0.4, 0.5) is 10.5 Å². The van der Waals surface area contributed by atoms with E-state index in [2.05, 4.69) is 22.3 Å². The van der Waals surface area contributed by atoms with Crippen molar-refractivity contribution in [1.82, 2.24) is 24.7 Å². The van der Waals surface area contributed by atoms with E-state index in [1.54, 1.807) is 19.2 Å². The highest BCUT2D eigenvalue weighted by molar-refractivity contribution is 6.04. The molecule has 51 heavy (non-hydrogen) atoms. The normalized spacial score (nSPS) is 13.8. The van der Waals surface area contributed by atoms with Gasteiger partial charge in [0.2, 0.25) is 11.8 Å². The molecule has 1 aromatic heterocycles. The predicted octanol–water partition coefficient (Wildman–Crippen LogP) is 5.50. The second kappa shape index (κ2) is 18.3. The summed E-state index contributed by atoms with van der Waals surface area (Å²) in [6.45, 7) is 6.20. The molecule has 13 heteroatoms. The first-order valence-electron chi connectivity index (χ1n) is 17.9. The Kier molecular flexibility index (Phi) is 14.0. The molecule has 1 unspecified atom stereocenters. The van der Waals surface area contributed by atoms with Gasteiger partial charge >= 0.3 is 12.1 Å². The van der Waals surface area contributed by atoms with Gasteiger partial charge in [0.15, 0.2) is 0 Å². The van der Waals surface area contributed by atoms with Gasteiger partial charge < -0.3 is 29.2 Å². The van der Waals surface area contributed by atoms with E-state index in [9.17, 15) is 19.2 Å². The van der Waals surface area contributed by atoms with Gasteiger partial charge in [-0.3, -0.25) is 25.1 Å². The van der Waals surface area contributed by atoms with Gasteiger partial charge in [-0.15, -0.1) is 0 Å². The van der Waals surface area contributed by atoms with Crippen LogP contribution in [0.1, 0.15) is 88.6 Å². The van der Waals surface area contributed by atoms with Crippen LogP contribution in [-0.2, 0) is 42.9 Å². The fraction of sp³-hybridized carbons (Fsp3) is 0.526. The number of likely N-dealkylation sites (tertiary alicyclic amines) is 1. The summed E-state index contributed by atoms with van der Waals surface area (Å²) in [5.74, 6) is -0.371. The predicted molar refractivity (Wildman–Crippen MR) is 197 cm³/mol. The van der Waals surface area contributed by atoms with Crippen LogP contribution in [-0.4, -0.2) is 89.5 Å². The molecular formula is C38H53N7O6. The maximum Gasteiger partial charge on any atom is 0.412 e. The number of fused-ring (bicyclic) bond motifs is 1. The molecule has 0 aliphatic carbocycles. The fourth-order valence-corrected chi connectivity index (χ4v) is 6.39. The number of imidazole rings is 1. The van der Waals surface area contributed by atoms with Crippen LogP contribution in [0.15, 0.2) is 42.5 Å². The first-order chi connectivity index (χ1) is 24.5. The number of amides is 3. The Labute approximate surface area is 300 Å². The van der Waals surface area contributed by atoms with Gasteiger partial charge in [-0.05, 0) is 68.1 Å². The van der Waals surface area contributed by atoms with Crippen LogP contribution in [0.3, 0.4) is 0 Å². The Morgan fingerprint density at radius 1 is 1.00 bits per heavy atom. The van der Waals surface area contributed by atoms with E-state index in [0.717, 1.165) is 54.7 Å². The van der Waals surface area contributed by atoms with Crippen molar-refractivity contribution in [2.45, 2.75) is 83.6 Å². The third-order valence-corrected chi connectivity index (χ3v) is 9.56. The van der Waals surface area contributed by atoms with Crippen molar-refractivity contribution >= 4 is 46.4 Å². The molecule has 276 valence electrons. The molecule has 1 aliphatic rings. The number of aromatic nitrogens is 2. The number of likely N-dealkylation sites (N-methyl/N-ethyl adjacent to an activating group) is 1. The van der Waals surface area contributed by atoms with E-state index in [0.29, 0.717) is 37.3 Å². The molecule has 1 atom stereocenters. The molecule has 3 aromatic rings. The number of methoxy groups -OCH3 is 1. The fourth-order valence-electron chi connectivity index (χ4n) is 6.39. The SMILES string of the molecule is CCCCCCCCOC(=O)NC(=N)c1ccc(NCc2nc3cc(C(C)(CN(C)C(=O)CC(=O)OC)C(=O)N4CCCC4)ccc3n2C)cc1. The second-order valence-electron chi connectivity index (χ2n) is 13.5. The first kappa shape index (κ1) is 38.9. The van der Waals surface area contributed by atoms with E-state index < -0.39 is 29.8 Å². The maximum atomic E-state index is 14.0. The number of anilines is 1. The topological polar surface area (TPSA) is 159 Å². The molecule has 3 N–H and O–H groups in total. The number of aryl methyl sites for hydroxylation is 1. The third kappa shape index (κ3) is 10.3. The monoisotopic (exact) mass is 703 g/mol. The van der Waals surface area contributed by atoms with Crippen molar-refractivity contribution in [2.75, 3.05) is 45.7 Å². The average Bonchev–Trinajstić information content (AvgIpc) is 3.78. The molecule has 1 aliphatic heterocycles. The van der Waals surface area contributed by atoms with Crippen molar-refractivity contribution in [3.05, 3.63) is 59.4 Å². The highest BCUT2D eigenvalue weighted by atomic mass is 16.5. The number of ether oxygens (including phenoxy) is 2. The number of unbranched alkanes of at least 4 members (excludes halogenated alkanes) is 5. The van der Waals surface area contributed by atoms with Crippen LogP contribution in [0.25, 0.3) is 11.0 Å². The van der Waals surface area contributed by atoms with E-state index in [1.165, 1.54) is 31.3 Å². The van der Waals surface area contributed by atoms with Gasteiger partial charge in [0.05, 0.1) is 36.7 Å². The number of esters is 1. The van der Waals surface area contributed by atoms with Crippen LogP contribution >= 0.6 is 0 Å². The number of nitrogens with zero attached hydrogens (tertiary/aromatic N) is 4. The third-order valence-electron chi connectivity index (χ3n) is 9.56. The molecule has 1 saturated heterocycles. The molecular weight excluding hydrogens is 650 g/mol. The lowest BCUT2D eigenvalue weighted by Gasteiger charge is -2.36. The van der Waals surface area contributed by atoms with Crippen molar-refractivity contribution in [2.24, 2.45) is 7.05 Å². The lowest BCUT2D eigenvalue weighted by atomic mass is 9.80. The molecule has 13 nitrogen and oxygen atoms in total. The smallest absolute Gasteiger partial charge is 0.412 e. The summed E-state index contributed by atoms with van der Waals surface area (Å²) in [6.07, 6.45) is 7.44. The van der Waals surface area contributed by atoms with Crippen molar-refractivity contribution in [1.29, 1.82) is 5.41 Å². The van der Waals surface area contributed by atoms with E-state index in [4.69, 9.17) is 15.1 Å². The zero-order chi connectivity index (χ0) is 37.0. The lowest BCUT2D eigenvalue weighted by Crippen LogP contribution is -2.51. The number of hydrogen-bond donors (Lipinski definition) is 3. The van der Waals surface area contributed by atoms with Gasteiger partial charge in [-0.2, -0.15) is 0 Å². The summed E-state index contributed by atoms with van der Waals surface area (Å²) in [5.41, 5.74) is 2.64. The van der Waals surface area contributed by atoms with E-state index in [-0.39, 0.29) is 18.3 Å². The number of amidine groups is 1. The van der Waals surface area contributed by atoms with E-state index >= 15 is 0 Å². The number of nitrogens with one attached hydrogen (secondary N) is 3. The summed E-state index contributed by atoms with van der Waals surface area (Å²) in [6, 6.07) is 13.0. The van der Waals surface area contributed by atoms with Gasteiger partial charge in [0, 0.05) is 45.0 Å². The molecule has 1 fully saturated rings. The Bertz CT molecular complexity index is 1680. The molecule has 4 rings (SSSR count). The summed E-state index contributed by atoms with van der Waals surface area (Å²) in [4.78, 5) is 58.9. The molecule has 0 radical (unpaired) electrons. The molecule has 0 bridgehead atoms. The van der Waals surface area contributed by atoms with Crippen LogP contribution in [0.2, 0.25) is 0 Å². The van der Waals surface area contributed by atoms with E-state index in [1.807, 2.05) is 53.8 Å². The Morgan fingerprint density at radius 3 is 2.37 bits per heavy atom. The molecule has 0 spiro atoms. The molecule has 2 heterocycles. The van der Waals surface area contributed by atoms with Crippen LogP contribution in [0, 0.1) is 5.41 Å². The number of hydrogen-bond acceptors (Lipinski definition) is 9. The van der Waals surface area contributed by atoms with Gasteiger partial charge in [-0.25, -0.2) is 9.78 Å². The summed E-state index contributed by atoms with van der Waals surface area (Å²) in [5, 5.41) is 14.1. The zero-order valence-electron chi connectivity index (χ0n) is 30.7. The molecule has 2 aromatic carbocycles. The standard InChI is InChI=1S/C38H53N7O6/c1-6-7-8-9-10-13-22-51-37(49)42-35(39)27-14-17-29(18-15-27)40-25-32-41-30-23-28(16-19-31(30)44(32)4)38(2,36(48)45-20-11-12-21-45)26-43(3)33(46)24-34(47)50-5/h14-19,23,40H,6-13,20-22,24-26H2,1-5H3,(H2,39,42,49). The molecule has 3 amide bonds. The maximum absolute atomic E-state index is 14.0. The highest BCUT2D eigenvalue weighted by Gasteiger charge is 2.41. The number of rotatable bonds is 17. The number of carbonyl (C=O) groups is 4. The number of benzene rings is 2. The summed E-state index contributed by atoms with van der Waals surface area (Å²) in [7, 11) is 4.77. The Morgan fingerprint density at radius 2 is 1.69 bits per heavy atom. The average molecular weight is 704 g/mol. The first-order valence-corrected chi connectivity index (χ1v) is 17.9. The molecule has 0 saturated carbocycles. The number of carbonyl (C=O) groups excluding carboxylic acids is 4. The van der Waals surface area contributed by atoms with Gasteiger partial charge in [0.25, 0.3) is 0 Å². The minimum atomic E-state index is -1.07. The number of alkyl carbamates (subject to hydrolysis) is 1. The highest BCUT2D eigenvalue weighted by Crippen LogP contribution is 2.32. The van der Waals surface area contributed by atoms with Gasteiger partial charge in [-0.1, -0.05) is 45.1 Å². The minimum absolute atomic E-state index is 0.0325.